The Morgan fingerprint density at radius 2 is 2.05 bits per heavy atom. The number of anilines is 1. The summed E-state index contributed by atoms with van der Waals surface area (Å²) in [6.45, 7) is 0.479. The fourth-order valence-corrected chi connectivity index (χ4v) is 1.85. The first kappa shape index (κ1) is 12.2. The Labute approximate surface area is 115 Å². The van der Waals surface area contributed by atoms with Gasteiger partial charge in [-0.3, -0.25) is 0 Å². The van der Waals surface area contributed by atoms with E-state index in [0.717, 1.165) is 11.1 Å². The Balaban J connectivity index is 1.61. The third kappa shape index (κ3) is 2.74. The van der Waals surface area contributed by atoms with E-state index in [4.69, 9.17) is 0 Å². The van der Waals surface area contributed by atoms with E-state index in [9.17, 15) is 4.79 Å². The van der Waals surface area contributed by atoms with Crippen LogP contribution in [-0.4, -0.2) is 21.0 Å². The van der Waals surface area contributed by atoms with Gasteiger partial charge in [0, 0.05) is 6.54 Å². The van der Waals surface area contributed by atoms with Crippen molar-refractivity contribution in [2.24, 2.45) is 0 Å². The Morgan fingerprint density at radius 1 is 1.20 bits per heavy atom. The molecule has 0 unspecified atom stereocenters. The van der Waals surface area contributed by atoms with Gasteiger partial charge < -0.3 is 15.6 Å². The maximum atomic E-state index is 11.8. The van der Waals surface area contributed by atoms with E-state index < -0.39 is 0 Å². The zero-order valence-corrected chi connectivity index (χ0v) is 10.6. The van der Waals surface area contributed by atoms with Crippen LogP contribution in [0.25, 0.3) is 11.2 Å². The molecule has 0 saturated heterocycles. The van der Waals surface area contributed by atoms with Crippen LogP contribution in [0.15, 0.2) is 48.9 Å². The Hall–Kier alpha value is -2.89. The first-order valence-corrected chi connectivity index (χ1v) is 6.19. The molecule has 6 heteroatoms. The molecule has 6 nitrogen and oxygen atoms in total. The lowest BCUT2D eigenvalue weighted by Gasteiger charge is -2.07. The van der Waals surface area contributed by atoms with Crippen molar-refractivity contribution in [2.45, 2.75) is 6.54 Å². The van der Waals surface area contributed by atoms with Crippen molar-refractivity contribution in [3.05, 3.63) is 54.5 Å². The topological polar surface area (TPSA) is 82.7 Å². The second-order valence-corrected chi connectivity index (χ2v) is 4.29. The minimum absolute atomic E-state index is 0.269. The number of amides is 2. The van der Waals surface area contributed by atoms with Crippen LogP contribution in [0.4, 0.5) is 10.5 Å². The van der Waals surface area contributed by atoms with Crippen LogP contribution in [0.3, 0.4) is 0 Å². The number of urea groups is 1. The SMILES string of the molecule is O=C(NCc1ccccc1)Nc1cnc2nc[nH]c2c1. The summed E-state index contributed by atoms with van der Waals surface area (Å²) >= 11 is 0. The minimum Gasteiger partial charge on any atom is -0.343 e. The lowest BCUT2D eigenvalue weighted by Crippen LogP contribution is -2.28. The van der Waals surface area contributed by atoms with E-state index in [1.54, 1.807) is 18.6 Å². The first-order chi connectivity index (χ1) is 9.81. The summed E-state index contributed by atoms with van der Waals surface area (Å²) < 4.78 is 0. The lowest BCUT2D eigenvalue weighted by atomic mass is 10.2. The summed E-state index contributed by atoms with van der Waals surface area (Å²) in [5.74, 6) is 0. The molecule has 0 atom stereocenters. The van der Waals surface area contributed by atoms with Crippen LogP contribution < -0.4 is 10.6 Å². The number of aromatic nitrogens is 3. The number of H-pyrrole nitrogens is 1. The van der Waals surface area contributed by atoms with Gasteiger partial charge in [0.1, 0.15) is 0 Å². The van der Waals surface area contributed by atoms with Crippen LogP contribution in [0.5, 0.6) is 0 Å². The van der Waals surface area contributed by atoms with Gasteiger partial charge in [-0.25, -0.2) is 14.8 Å². The molecule has 0 spiro atoms. The number of carbonyl (C=O) groups is 1. The molecule has 2 amide bonds. The molecule has 1 aromatic carbocycles. The van der Waals surface area contributed by atoms with Crippen molar-refractivity contribution >= 4 is 22.9 Å². The maximum absolute atomic E-state index is 11.8. The summed E-state index contributed by atoms with van der Waals surface area (Å²) in [4.78, 5) is 22.9. The van der Waals surface area contributed by atoms with Crippen LogP contribution in [0.2, 0.25) is 0 Å². The fourth-order valence-electron chi connectivity index (χ4n) is 1.85. The van der Waals surface area contributed by atoms with Gasteiger partial charge in [-0.15, -0.1) is 0 Å². The number of hydrogen-bond donors (Lipinski definition) is 3. The molecular formula is C14H13N5O. The number of imidazole rings is 1. The molecule has 2 aromatic heterocycles. The highest BCUT2D eigenvalue weighted by Gasteiger charge is 2.04. The van der Waals surface area contributed by atoms with Crippen molar-refractivity contribution in [1.29, 1.82) is 0 Å². The largest absolute Gasteiger partial charge is 0.343 e. The molecule has 2 heterocycles. The van der Waals surface area contributed by atoms with E-state index in [2.05, 4.69) is 25.6 Å². The summed E-state index contributed by atoms with van der Waals surface area (Å²) in [7, 11) is 0. The molecule has 0 aliphatic carbocycles. The number of nitrogens with zero attached hydrogens (tertiary/aromatic N) is 2. The zero-order valence-electron chi connectivity index (χ0n) is 10.6. The smallest absolute Gasteiger partial charge is 0.319 e. The van der Waals surface area contributed by atoms with Crippen molar-refractivity contribution in [2.75, 3.05) is 5.32 Å². The Morgan fingerprint density at radius 3 is 2.90 bits per heavy atom. The highest BCUT2D eigenvalue weighted by atomic mass is 16.2. The molecule has 0 bridgehead atoms. The van der Waals surface area contributed by atoms with E-state index in [1.165, 1.54) is 0 Å². The van der Waals surface area contributed by atoms with Crippen molar-refractivity contribution in [3.63, 3.8) is 0 Å². The van der Waals surface area contributed by atoms with Gasteiger partial charge in [0.05, 0.1) is 23.7 Å². The summed E-state index contributed by atoms with van der Waals surface area (Å²) in [6.07, 6.45) is 3.14. The van der Waals surface area contributed by atoms with Gasteiger partial charge in [-0.05, 0) is 11.6 Å². The number of fused-ring (bicyclic) bond motifs is 1. The molecular weight excluding hydrogens is 254 g/mol. The number of pyridine rings is 1. The molecule has 0 radical (unpaired) electrons. The van der Waals surface area contributed by atoms with Gasteiger partial charge in [-0.2, -0.15) is 0 Å². The minimum atomic E-state index is -0.269. The van der Waals surface area contributed by atoms with Crippen LogP contribution in [0, 0.1) is 0 Å². The summed E-state index contributed by atoms with van der Waals surface area (Å²) in [6, 6.07) is 11.2. The summed E-state index contributed by atoms with van der Waals surface area (Å²) in [5.41, 5.74) is 3.07. The molecule has 3 N–H and O–H groups in total. The van der Waals surface area contributed by atoms with E-state index in [1.807, 2.05) is 30.3 Å². The molecule has 0 aliphatic rings. The van der Waals surface area contributed by atoms with E-state index >= 15 is 0 Å². The van der Waals surface area contributed by atoms with Gasteiger partial charge in [0.25, 0.3) is 0 Å². The normalized spacial score (nSPS) is 10.4. The lowest BCUT2D eigenvalue weighted by molar-refractivity contribution is 0.251. The molecule has 0 aliphatic heterocycles. The Kier molecular flexibility index (Phi) is 3.28. The highest BCUT2D eigenvalue weighted by molar-refractivity contribution is 5.90. The second-order valence-electron chi connectivity index (χ2n) is 4.29. The number of carbonyl (C=O) groups excluding carboxylic acids is 1. The first-order valence-electron chi connectivity index (χ1n) is 6.19. The fraction of sp³-hybridized carbons (Fsp3) is 0.0714. The third-order valence-electron chi connectivity index (χ3n) is 2.83. The average molecular weight is 267 g/mol. The number of aromatic amines is 1. The van der Waals surface area contributed by atoms with E-state index in [0.29, 0.717) is 17.9 Å². The number of benzene rings is 1. The van der Waals surface area contributed by atoms with Crippen LogP contribution in [-0.2, 0) is 6.54 Å². The van der Waals surface area contributed by atoms with Gasteiger partial charge in [0.2, 0.25) is 0 Å². The number of rotatable bonds is 3. The maximum Gasteiger partial charge on any atom is 0.319 e. The molecule has 100 valence electrons. The zero-order chi connectivity index (χ0) is 13.8. The van der Waals surface area contributed by atoms with Gasteiger partial charge in [0.15, 0.2) is 5.65 Å². The molecule has 0 fully saturated rings. The van der Waals surface area contributed by atoms with Crippen molar-refractivity contribution < 1.29 is 4.79 Å². The van der Waals surface area contributed by atoms with E-state index in [-0.39, 0.29) is 6.03 Å². The number of hydrogen-bond acceptors (Lipinski definition) is 3. The van der Waals surface area contributed by atoms with Crippen molar-refractivity contribution in [3.8, 4) is 0 Å². The monoisotopic (exact) mass is 267 g/mol. The summed E-state index contributed by atoms with van der Waals surface area (Å²) in [5, 5.41) is 5.52. The molecule has 0 saturated carbocycles. The highest BCUT2D eigenvalue weighted by Crippen LogP contribution is 2.12. The molecule has 20 heavy (non-hydrogen) atoms. The number of nitrogens with one attached hydrogen (secondary N) is 3. The molecule has 3 rings (SSSR count). The quantitative estimate of drug-likeness (QED) is 0.680. The average Bonchev–Trinajstić information content (AvgIpc) is 2.94. The second kappa shape index (κ2) is 5.40. The van der Waals surface area contributed by atoms with Crippen molar-refractivity contribution in [1.82, 2.24) is 20.3 Å². The predicted molar refractivity (Wildman–Crippen MR) is 76.2 cm³/mol. The van der Waals surface area contributed by atoms with Crippen LogP contribution in [0.1, 0.15) is 5.56 Å². The standard InChI is InChI=1S/C14H13N5O/c20-14(16-7-10-4-2-1-3-5-10)19-11-6-12-13(15-8-11)18-9-17-12/h1-6,8-9H,7H2,(H,15,17,18)(H2,16,19,20). The van der Waals surface area contributed by atoms with Crippen LogP contribution >= 0.6 is 0 Å². The van der Waals surface area contributed by atoms with Gasteiger partial charge >= 0.3 is 6.03 Å². The molecule has 3 aromatic rings. The predicted octanol–water partition coefficient (Wildman–Crippen LogP) is 2.28. The van der Waals surface area contributed by atoms with Gasteiger partial charge in [-0.1, -0.05) is 30.3 Å². The Bertz CT molecular complexity index is 723. The third-order valence-corrected chi connectivity index (χ3v) is 2.83.